The number of carboxylic acid groups (broad SMARTS) is 1. The van der Waals surface area contributed by atoms with E-state index in [-0.39, 0.29) is 24.5 Å². The summed E-state index contributed by atoms with van der Waals surface area (Å²) in [6.07, 6.45) is 5.41. The fraction of sp³-hybridized carbons (Fsp3) is 0.440. The number of aliphatic carboxylic acids is 1. The summed E-state index contributed by atoms with van der Waals surface area (Å²) >= 11 is 0. The van der Waals surface area contributed by atoms with Gasteiger partial charge in [0.1, 0.15) is 6.61 Å². The summed E-state index contributed by atoms with van der Waals surface area (Å²) in [5, 5.41) is 12.5. The Morgan fingerprint density at radius 1 is 0.967 bits per heavy atom. The summed E-state index contributed by atoms with van der Waals surface area (Å²) in [5.41, 5.74) is 4.05. The van der Waals surface area contributed by atoms with E-state index in [1.165, 1.54) is 24.0 Å². The van der Waals surface area contributed by atoms with Crippen LogP contribution in [0.2, 0.25) is 0 Å². The van der Waals surface area contributed by atoms with Crippen molar-refractivity contribution in [1.82, 2.24) is 5.32 Å². The van der Waals surface area contributed by atoms with Crippen molar-refractivity contribution in [2.45, 2.75) is 44.4 Å². The van der Waals surface area contributed by atoms with Crippen LogP contribution in [-0.2, 0) is 9.53 Å². The molecule has 1 amide bonds. The SMILES string of the molecule is O=C(NCC1(C(=O)O)CC2(CCCC2)C1)OCC1c2ccccc2-c2ccccc21. The molecule has 0 aliphatic heterocycles. The second kappa shape index (κ2) is 7.15. The third-order valence-electron chi connectivity index (χ3n) is 7.46. The van der Waals surface area contributed by atoms with Gasteiger partial charge in [0.05, 0.1) is 5.41 Å². The Labute approximate surface area is 176 Å². The molecule has 0 atom stereocenters. The van der Waals surface area contributed by atoms with Crippen LogP contribution in [-0.4, -0.2) is 30.3 Å². The van der Waals surface area contributed by atoms with Gasteiger partial charge in [0.15, 0.2) is 0 Å². The Kier molecular flexibility index (Phi) is 4.57. The van der Waals surface area contributed by atoms with E-state index in [0.717, 1.165) is 24.0 Å². The van der Waals surface area contributed by atoms with Gasteiger partial charge in [0.25, 0.3) is 0 Å². The third-order valence-corrected chi connectivity index (χ3v) is 7.46. The Bertz CT molecular complexity index is 939. The normalized spacial score (nSPS) is 20.3. The van der Waals surface area contributed by atoms with Gasteiger partial charge in [-0.3, -0.25) is 4.79 Å². The van der Waals surface area contributed by atoms with Crippen LogP contribution >= 0.6 is 0 Å². The fourth-order valence-corrected chi connectivity index (χ4v) is 6.11. The minimum absolute atomic E-state index is 0.00189. The van der Waals surface area contributed by atoms with Gasteiger partial charge in [0, 0.05) is 12.5 Å². The number of carboxylic acids is 1. The van der Waals surface area contributed by atoms with E-state index in [4.69, 9.17) is 4.74 Å². The maximum absolute atomic E-state index is 12.4. The molecule has 3 aliphatic carbocycles. The molecule has 0 unspecified atom stereocenters. The van der Waals surface area contributed by atoms with Crippen molar-refractivity contribution < 1.29 is 19.4 Å². The number of ether oxygens (including phenoxy) is 1. The molecule has 0 saturated heterocycles. The first kappa shape index (κ1) is 19.2. The van der Waals surface area contributed by atoms with Crippen molar-refractivity contribution >= 4 is 12.1 Å². The molecular weight excluding hydrogens is 378 g/mol. The summed E-state index contributed by atoms with van der Waals surface area (Å²) in [6.45, 7) is 0.380. The zero-order chi connectivity index (χ0) is 20.8. The Morgan fingerprint density at radius 2 is 1.53 bits per heavy atom. The highest BCUT2D eigenvalue weighted by Crippen LogP contribution is 2.62. The highest BCUT2D eigenvalue weighted by atomic mass is 16.5. The van der Waals surface area contributed by atoms with Gasteiger partial charge in [-0.05, 0) is 53.4 Å². The fourth-order valence-electron chi connectivity index (χ4n) is 6.11. The number of carbonyl (C=O) groups is 2. The Hall–Kier alpha value is -2.82. The molecule has 2 saturated carbocycles. The lowest BCUT2D eigenvalue weighted by Crippen LogP contribution is -2.56. The van der Waals surface area contributed by atoms with Gasteiger partial charge >= 0.3 is 12.1 Å². The van der Waals surface area contributed by atoms with E-state index in [1.54, 1.807) is 0 Å². The molecule has 0 heterocycles. The first-order valence-corrected chi connectivity index (χ1v) is 10.8. The lowest BCUT2D eigenvalue weighted by Gasteiger charge is -2.52. The quantitative estimate of drug-likeness (QED) is 0.738. The Morgan fingerprint density at radius 3 is 2.10 bits per heavy atom. The van der Waals surface area contributed by atoms with Crippen molar-refractivity contribution in [2.24, 2.45) is 10.8 Å². The first-order chi connectivity index (χ1) is 14.5. The highest BCUT2D eigenvalue weighted by molar-refractivity contribution is 5.79. The van der Waals surface area contributed by atoms with Crippen molar-refractivity contribution in [3.63, 3.8) is 0 Å². The van der Waals surface area contributed by atoms with E-state index in [2.05, 4.69) is 29.6 Å². The van der Waals surface area contributed by atoms with Crippen LogP contribution in [0, 0.1) is 10.8 Å². The molecule has 1 spiro atoms. The number of fused-ring (bicyclic) bond motifs is 3. The van der Waals surface area contributed by atoms with Crippen molar-refractivity contribution in [3.05, 3.63) is 59.7 Å². The van der Waals surface area contributed by atoms with E-state index in [0.29, 0.717) is 12.8 Å². The largest absolute Gasteiger partial charge is 0.481 e. The molecule has 156 valence electrons. The van der Waals surface area contributed by atoms with E-state index in [9.17, 15) is 14.7 Å². The van der Waals surface area contributed by atoms with Crippen LogP contribution in [0.1, 0.15) is 55.6 Å². The predicted octanol–water partition coefficient (Wildman–Crippen LogP) is 4.95. The minimum Gasteiger partial charge on any atom is -0.481 e. The molecule has 2 fully saturated rings. The van der Waals surface area contributed by atoms with Gasteiger partial charge in [0.2, 0.25) is 0 Å². The predicted molar refractivity (Wildman–Crippen MR) is 113 cm³/mol. The van der Waals surface area contributed by atoms with Crippen LogP contribution in [0.5, 0.6) is 0 Å². The van der Waals surface area contributed by atoms with Gasteiger partial charge in [-0.15, -0.1) is 0 Å². The molecule has 0 aromatic heterocycles. The zero-order valence-electron chi connectivity index (χ0n) is 17.0. The van der Waals surface area contributed by atoms with Gasteiger partial charge in [-0.2, -0.15) is 0 Å². The number of amides is 1. The van der Waals surface area contributed by atoms with E-state index in [1.807, 2.05) is 24.3 Å². The van der Waals surface area contributed by atoms with Crippen LogP contribution in [0.3, 0.4) is 0 Å². The summed E-state index contributed by atoms with van der Waals surface area (Å²) in [5.74, 6) is -0.805. The molecule has 0 radical (unpaired) electrons. The topological polar surface area (TPSA) is 75.6 Å². The number of hydrogen-bond acceptors (Lipinski definition) is 3. The molecule has 5 rings (SSSR count). The molecular formula is C25H27NO4. The molecule has 2 aromatic carbocycles. The number of nitrogens with one attached hydrogen (secondary N) is 1. The lowest BCUT2D eigenvalue weighted by atomic mass is 9.52. The molecule has 2 aromatic rings. The molecule has 2 N–H and O–H groups in total. The standard InChI is InChI=1S/C25H27NO4/c27-22(28)25(14-24(15-25)11-5-6-12-24)16-26-23(29)30-13-21-19-9-3-1-7-17(19)18-8-2-4-10-20(18)21/h1-4,7-10,21H,5-6,11-16H2,(H,26,29)(H,27,28). The van der Waals surface area contributed by atoms with Gasteiger partial charge in [-0.25, -0.2) is 4.79 Å². The van der Waals surface area contributed by atoms with Gasteiger partial charge < -0.3 is 15.2 Å². The van der Waals surface area contributed by atoms with Crippen molar-refractivity contribution in [1.29, 1.82) is 0 Å². The first-order valence-electron chi connectivity index (χ1n) is 10.8. The van der Waals surface area contributed by atoms with E-state index < -0.39 is 17.5 Å². The highest BCUT2D eigenvalue weighted by Gasteiger charge is 2.59. The maximum atomic E-state index is 12.4. The molecule has 30 heavy (non-hydrogen) atoms. The lowest BCUT2D eigenvalue weighted by molar-refractivity contribution is -0.165. The second-order valence-electron chi connectivity index (χ2n) is 9.33. The van der Waals surface area contributed by atoms with Crippen LogP contribution in [0.15, 0.2) is 48.5 Å². The summed E-state index contributed by atoms with van der Waals surface area (Å²) in [4.78, 5) is 24.3. The Balaban J connectivity index is 1.21. The average Bonchev–Trinajstić information content (AvgIpc) is 3.33. The zero-order valence-corrected chi connectivity index (χ0v) is 17.0. The van der Waals surface area contributed by atoms with Gasteiger partial charge in [-0.1, -0.05) is 61.4 Å². The number of carbonyl (C=O) groups excluding carboxylic acids is 1. The summed E-state index contributed by atoms with van der Waals surface area (Å²) < 4.78 is 5.56. The van der Waals surface area contributed by atoms with Crippen molar-refractivity contribution in [2.75, 3.05) is 13.2 Å². The summed E-state index contributed by atoms with van der Waals surface area (Å²) in [6, 6.07) is 16.4. The van der Waals surface area contributed by atoms with E-state index >= 15 is 0 Å². The number of alkyl carbamates (subject to hydrolysis) is 1. The van der Waals surface area contributed by atoms with Crippen LogP contribution in [0.25, 0.3) is 11.1 Å². The minimum atomic E-state index is -0.837. The smallest absolute Gasteiger partial charge is 0.407 e. The molecule has 0 bridgehead atoms. The maximum Gasteiger partial charge on any atom is 0.407 e. The van der Waals surface area contributed by atoms with Crippen LogP contribution in [0.4, 0.5) is 4.79 Å². The average molecular weight is 405 g/mol. The summed E-state index contributed by atoms with van der Waals surface area (Å²) in [7, 11) is 0. The number of hydrogen-bond donors (Lipinski definition) is 2. The number of rotatable bonds is 5. The molecule has 5 nitrogen and oxygen atoms in total. The second-order valence-corrected chi connectivity index (χ2v) is 9.33. The monoisotopic (exact) mass is 405 g/mol. The number of benzene rings is 2. The third kappa shape index (κ3) is 3.08. The van der Waals surface area contributed by atoms with Crippen LogP contribution < -0.4 is 5.32 Å². The van der Waals surface area contributed by atoms with Crippen molar-refractivity contribution in [3.8, 4) is 11.1 Å². The molecule has 3 aliphatic rings. The molecule has 5 heteroatoms.